The second-order valence-corrected chi connectivity index (χ2v) is 7.52. The first kappa shape index (κ1) is 22.5. The zero-order valence-corrected chi connectivity index (χ0v) is 18.4. The molecule has 2 amide bonds. The largest absolute Gasteiger partial charge is 0.493 e. The van der Waals surface area contributed by atoms with Crippen LogP contribution in [-0.4, -0.2) is 46.2 Å². The fourth-order valence-electron chi connectivity index (χ4n) is 3.46. The number of methoxy groups -OCH3 is 3. The van der Waals surface area contributed by atoms with E-state index in [1.165, 1.54) is 27.4 Å². The molecule has 1 atom stereocenters. The third-order valence-electron chi connectivity index (χ3n) is 5.02. The molecule has 1 fully saturated rings. The van der Waals surface area contributed by atoms with Crippen molar-refractivity contribution in [3.05, 3.63) is 53.1 Å². The van der Waals surface area contributed by atoms with Gasteiger partial charge in [0.05, 0.1) is 21.3 Å². The van der Waals surface area contributed by atoms with Crippen LogP contribution in [0.4, 0.5) is 5.69 Å². The van der Waals surface area contributed by atoms with Crippen LogP contribution < -0.4 is 24.4 Å². The van der Waals surface area contributed by atoms with Crippen molar-refractivity contribution in [1.29, 1.82) is 0 Å². The second kappa shape index (κ2) is 10.2. The molecule has 1 aliphatic rings. The molecule has 2 aromatic rings. The zero-order chi connectivity index (χ0) is 22.4. The Hall–Kier alpha value is -3.19. The van der Waals surface area contributed by atoms with Crippen molar-refractivity contribution in [2.24, 2.45) is 5.92 Å². The van der Waals surface area contributed by atoms with Gasteiger partial charge in [-0.1, -0.05) is 11.6 Å². The molecule has 0 aliphatic carbocycles. The Balaban J connectivity index is 1.57. The van der Waals surface area contributed by atoms with Crippen LogP contribution in [0.2, 0.25) is 5.02 Å². The van der Waals surface area contributed by atoms with E-state index in [9.17, 15) is 9.59 Å². The Morgan fingerprint density at radius 2 is 1.77 bits per heavy atom. The highest BCUT2D eigenvalue weighted by molar-refractivity contribution is 6.30. The van der Waals surface area contributed by atoms with E-state index < -0.39 is 0 Å². The van der Waals surface area contributed by atoms with Gasteiger partial charge >= 0.3 is 0 Å². The maximum Gasteiger partial charge on any atom is 0.244 e. The first-order valence-electron chi connectivity index (χ1n) is 9.77. The lowest BCUT2D eigenvalue weighted by molar-refractivity contribution is -0.118. The maximum absolute atomic E-state index is 12.3. The van der Waals surface area contributed by atoms with Crippen molar-refractivity contribution in [1.82, 2.24) is 5.32 Å². The number of halogens is 1. The third-order valence-corrected chi connectivity index (χ3v) is 5.27. The summed E-state index contributed by atoms with van der Waals surface area (Å²) in [5, 5.41) is 3.49. The first-order valence-corrected chi connectivity index (χ1v) is 10.1. The molecule has 0 bridgehead atoms. The van der Waals surface area contributed by atoms with Gasteiger partial charge in [0.1, 0.15) is 0 Å². The lowest BCUT2D eigenvalue weighted by atomic mass is 10.1. The number of carbonyl (C=O) groups excluding carboxylic acids is 2. The normalized spacial score (nSPS) is 15.9. The molecule has 1 saturated heterocycles. The van der Waals surface area contributed by atoms with Crippen molar-refractivity contribution in [3.8, 4) is 17.2 Å². The van der Waals surface area contributed by atoms with Crippen molar-refractivity contribution in [2.75, 3.05) is 39.3 Å². The van der Waals surface area contributed by atoms with Gasteiger partial charge in [0.15, 0.2) is 11.5 Å². The van der Waals surface area contributed by atoms with Gasteiger partial charge in [0, 0.05) is 42.2 Å². The van der Waals surface area contributed by atoms with Crippen molar-refractivity contribution < 1.29 is 23.8 Å². The number of ether oxygens (including phenoxy) is 3. The summed E-state index contributed by atoms with van der Waals surface area (Å²) in [6.07, 6.45) is 3.49. The van der Waals surface area contributed by atoms with Gasteiger partial charge in [-0.15, -0.1) is 0 Å². The monoisotopic (exact) mass is 444 g/mol. The number of nitrogens with one attached hydrogen (secondary N) is 1. The standard InChI is InChI=1S/C23H25ClN2O5/c1-29-19-10-15(11-20(30-2)23(19)31-3)4-9-21(27)25-13-16-12-22(28)26(14-16)18-7-5-17(24)6-8-18/h4-11,16H,12-14H2,1-3H3,(H,25,27)/b9-4-. The van der Waals surface area contributed by atoms with Gasteiger partial charge in [0.25, 0.3) is 0 Å². The summed E-state index contributed by atoms with van der Waals surface area (Å²) in [5.74, 6) is 1.34. The van der Waals surface area contributed by atoms with Gasteiger partial charge in [-0.25, -0.2) is 0 Å². The molecule has 3 rings (SSSR count). The van der Waals surface area contributed by atoms with Crippen molar-refractivity contribution >= 4 is 35.2 Å². The van der Waals surface area contributed by atoms with E-state index in [1.807, 2.05) is 12.1 Å². The van der Waals surface area contributed by atoms with Gasteiger partial charge in [-0.05, 0) is 48.0 Å². The average molecular weight is 445 g/mol. The molecule has 0 saturated carbocycles. The van der Waals surface area contributed by atoms with E-state index >= 15 is 0 Å². The quantitative estimate of drug-likeness (QED) is 0.630. The van der Waals surface area contributed by atoms with E-state index in [-0.39, 0.29) is 17.7 Å². The molecule has 1 heterocycles. The molecule has 2 aromatic carbocycles. The van der Waals surface area contributed by atoms with E-state index in [0.29, 0.717) is 41.8 Å². The molecule has 1 N–H and O–H groups in total. The van der Waals surface area contributed by atoms with Gasteiger partial charge in [-0.2, -0.15) is 0 Å². The lowest BCUT2D eigenvalue weighted by Crippen LogP contribution is -2.30. The number of hydrogen-bond donors (Lipinski definition) is 1. The van der Waals surface area contributed by atoms with Crippen molar-refractivity contribution in [3.63, 3.8) is 0 Å². The molecular formula is C23H25ClN2O5. The van der Waals surface area contributed by atoms with E-state index in [2.05, 4.69) is 5.32 Å². The minimum atomic E-state index is -0.244. The predicted octanol–water partition coefficient (Wildman–Crippen LogP) is 3.55. The molecule has 31 heavy (non-hydrogen) atoms. The smallest absolute Gasteiger partial charge is 0.244 e. The third kappa shape index (κ3) is 5.49. The first-order chi connectivity index (χ1) is 14.9. The Kier molecular flexibility index (Phi) is 7.41. The van der Waals surface area contributed by atoms with Crippen LogP contribution >= 0.6 is 11.6 Å². The summed E-state index contributed by atoms with van der Waals surface area (Å²) in [5.41, 5.74) is 1.54. The molecule has 8 heteroatoms. The molecular weight excluding hydrogens is 420 g/mol. The number of rotatable bonds is 8. The van der Waals surface area contributed by atoms with Crippen LogP contribution in [0.15, 0.2) is 42.5 Å². The van der Waals surface area contributed by atoms with Gasteiger partial charge in [0.2, 0.25) is 17.6 Å². The summed E-state index contributed by atoms with van der Waals surface area (Å²) in [6.45, 7) is 0.964. The summed E-state index contributed by atoms with van der Waals surface area (Å²) < 4.78 is 15.9. The Morgan fingerprint density at radius 1 is 1.13 bits per heavy atom. The minimum absolute atomic E-state index is 0.0366. The maximum atomic E-state index is 12.3. The number of nitrogens with zero attached hydrogens (tertiary/aromatic N) is 1. The summed E-state index contributed by atoms with van der Waals surface area (Å²) in [7, 11) is 4.60. The lowest BCUT2D eigenvalue weighted by Gasteiger charge is -2.17. The number of carbonyl (C=O) groups is 2. The molecule has 1 aliphatic heterocycles. The fraction of sp³-hybridized carbons (Fsp3) is 0.304. The predicted molar refractivity (Wildman–Crippen MR) is 120 cm³/mol. The molecule has 1 unspecified atom stereocenters. The van der Waals surface area contributed by atoms with Crippen LogP contribution in [0.5, 0.6) is 17.2 Å². The Labute approximate surface area is 186 Å². The molecule has 7 nitrogen and oxygen atoms in total. The highest BCUT2D eigenvalue weighted by Crippen LogP contribution is 2.38. The topological polar surface area (TPSA) is 77.1 Å². The van der Waals surface area contributed by atoms with E-state index in [1.54, 1.807) is 35.2 Å². The van der Waals surface area contributed by atoms with Crippen molar-refractivity contribution in [2.45, 2.75) is 6.42 Å². The summed E-state index contributed by atoms with van der Waals surface area (Å²) in [6, 6.07) is 10.7. The molecule has 0 aromatic heterocycles. The van der Waals surface area contributed by atoms with Gasteiger partial charge in [-0.3, -0.25) is 9.59 Å². The van der Waals surface area contributed by atoms with Crippen LogP contribution in [-0.2, 0) is 9.59 Å². The summed E-state index contributed by atoms with van der Waals surface area (Å²) >= 11 is 5.91. The Morgan fingerprint density at radius 3 is 2.35 bits per heavy atom. The van der Waals surface area contributed by atoms with Crippen LogP contribution in [0.1, 0.15) is 12.0 Å². The highest BCUT2D eigenvalue weighted by Gasteiger charge is 2.30. The summed E-state index contributed by atoms with van der Waals surface area (Å²) in [4.78, 5) is 26.3. The highest BCUT2D eigenvalue weighted by atomic mass is 35.5. The molecule has 0 spiro atoms. The van der Waals surface area contributed by atoms with Crippen LogP contribution in [0.3, 0.4) is 0 Å². The molecule has 0 radical (unpaired) electrons. The minimum Gasteiger partial charge on any atom is -0.493 e. The number of hydrogen-bond acceptors (Lipinski definition) is 5. The average Bonchev–Trinajstić information content (AvgIpc) is 3.16. The second-order valence-electron chi connectivity index (χ2n) is 7.09. The Bertz CT molecular complexity index is 949. The fourth-order valence-corrected chi connectivity index (χ4v) is 3.59. The van der Waals surface area contributed by atoms with E-state index in [0.717, 1.165) is 11.3 Å². The zero-order valence-electron chi connectivity index (χ0n) is 17.7. The van der Waals surface area contributed by atoms with Crippen LogP contribution in [0.25, 0.3) is 6.08 Å². The van der Waals surface area contributed by atoms with Gasteiger partial charge < -0.3 is 24.4 Å². The SMILES string of the molecule is COc1cc(/C=C\C(=O)NCC2CC(=O)N(c3ccc(Cl)cc3)C2)cc(OC)c1OC. The number of anilines is 1. The number of amides is 2. The molecule has 164 valence electrons. The van der Waals surface area contributed by atoms with Crippen LogP contribution in [0, 0.1) is 5.92 Å². The van der Waals surface area contributed by atoms with E-state index in [4.69, 9.17) is 25.8 Å². The number of benzene rings is 2.